The van der Waals surface area contributed by atoms with Crippen LogP contribution in [0, 0.1) is 0 Å². The van der Waals surface area contributed by atoms with Crippen LogP contribution in [0.2, 0.25) is 0 Å². The summed E-state index contributed by atoms with van der Waals surface area (Å²) in [7, 11) is 4.49. The van der Waals surface area contributed by atoms with Crippen LogP contribution in [0.1, 0.15) is 15.9 Å². The number of nitrogens with two attached hydrogens (primary N) is 2. The Kier molecular flexibility index (Phi) is 5.18. The van der Waals surface area contributed by atoms with Gasteiger partial charge in [-0.1, -0.05) is 6.07 Å². The van der Waals surface area contributed by atoms with Gasteiger partial charge in [0.15, 0.2) is 22.4 Å². The van der Waals surface area contributed by atoms with Crippen LogP contribution in [0.25, 0.3) is 11.3 Å². The van der Waals surface area contributed by atoms with E-state index in [-0.39, 0.29) is 5.78 Å². The van der Waals surface area contributed by atoms with E-state index in [4.69, 9.17) is 25.7 Å². The molecule has 0 fully saturated rings. The summed E-state index contributed by atoms with van der Waals surface area (Å²) in [6, 6.07) is 8.37. The molecule has 8 heteroatoms. The second kappa shape index (κ2) is 7.55. The standard InChI is InChI=1S/C19H19N3O4S/c1-24-15-7-11(8-16(25-2)18(15)26-3)17(23)12-6-10(4-5-13(12)20)14-9-27-19(21)22-14/h4-9H,20H2,1-3H3,(H2,21,22). The summed E-state index contributed by atoms with van der Waals surface area (Å²) >= 11 is 1.33. The van der Waals surface area contributed by atoms with Crippen molar-refractivity contribution in [1.82, 2.24) is 4.98 Å². The number of benzene rings is 2. The molecular formula is C19H19N3O4S. The molecule has 0 aliphatic heterocycles. The molecule has 4 N–H and O–H groups in total. The lowest BCUT2D eigenvalue weighted by molar-refractivity contribution is 0.103. The van der Waals surface area contributed by atoms with E-state index in [1.165, 1.54) is 32.7 Å². The molecule has 0 bridgehead atoms. The van der Waals surface area contributed by atoms with Crippen molar-refractivity contribution < 1.29 is 19.0 Å². The Balaban J connectivity index is 2.08. The minimum Gasteiger partial charge on any atom is -0.493 e. The molecule has 0 aliphatic carbocycles. The van der Waals surface area contributed by atoms with Gasteiger partial charge in [0.05, 0.1) is 27.0 Å². The van der Waals surface area contributed by atoms with Crippen LogP contribution in [0.15, 0.2) is 35.7 Å². The first-order valence-corrected chi connectivity index (χ1v) is 8.82. The third-order valence-corrected chi connectivity index (χ3v) is 4.72. The minimum atomic E-state index is -0.267. The van der Waals surface area contributed by atoms with E-state index >= 15 is 0 Å². The van der Waals surface area contributed by atoms with Gasteiger partial charge in [-0.3, -0.25) is 4.79 Å². The van der Waals surface area contributed by atoms with Gasteiger partial charge < -0.3 is 25.7 Å². The Morgan fingerprint density at radius 2 is 1.67 bits per heavy atom. The molecule has 27 heavy (non-hydrogen) atoms. The summed E-state index contributed by atoms with van der Waals surface area (Å²) < 4.78 is 15.9. The Hall–Kier alpha value is -3.26. The zero-order valence-corrected chi connectivity index (χ0v) is 15.9. The monoisotopic (exact) mass is 385 g/mol. The lowest BCUT2D eigenvalue weighted by Gasteiger charge is -2.14. The molecule has 0 saturated heterocycles. The highest BCUT2D eigenvalue weighted by atomic mass is 32.1. The van der Waals surface area contributed by atoms with Crippen molar-refractivity contribution in [2.45, 2.75) is 0 Å². The number of carbonyl (C=O) groups excluding carboxylic acids is 1. The van der Waals surface area contributed by atoms with Gasteiger partial charge in [0.25, 0.3) is 0 Å². The molecule has 0 saturated carbocycles. The average molecular weight is 385 g/mol. The first-order chi connectivity index (χ1) is 13.0. The molecule has 3 aromatic rings. The predicted octanol–water partition coefficient (Wildman–Crippen LogP) is 3.23. The van der Waals surface area contributed by atoms with E-state index in [0.29, 0.717) is 44.9 Å². The molecule has 0 aliphatic rings. The van der Waals surface area contributed by atoms with E-state index in [1.807, 2.05) is 5.38 Å². The Morgan fingerprint density at radius 3 is 2.19 bits per heavy atom. The highest BCUT2D eigenvalue weighted by molar-refractivity contribution is 7.13. The van der Waals surface area contributed by atoms with Crippen LogP contribution in [0.4, 0.5) is 10.8 Å². The maximum absolute atomic E-state index is 13.1. The van der Waals surface area contributed by atoms with Crippen molar-refractivity contribution in [3.63, 3.8) is 0 Å². The van der Waals surface area contributed by atoms with Gasteiger partial charge in [-0.15, -0.1) is 11.3 Å². The molecule has 1 aromatic heterocycles. The summed E-state index contributed by atoms with van der Waals surface area (Å²) in [5.74, 6) is 0.928. The molecule has 0 radical (unpaired) electrons. The molecule has 7 nitrogen and oxygen atoms in total. The number of carbonyl (C=O) groups is 1. The number of rotatable bonds is 6. The lowest BCUT2D eigenvalue weighted by Crippen LogP contribution is -2.07. The van der Waals surface area contributed by atoms with Crippen LogP contribution in [0.5, 0.6) is 17.2 Å². The number of thiazole rings is 1. The molecule has 0 amide bonds. The quantitative estimate of drug-likeness (QED) is 0.495. The van der Waals surface area contributed by atoms with Crippen LogP contribution in [0.3, 0.4) is 0 Å². The largest absolute Gasteiger partial charge is 0.493 e. The Morgan fingerprint density at radius 1 is 1.00 bits per heavy atom. The van der Waals surface area contributed by atoms with Gasteiger partial charge in [0.1, 0.15) is 0 Å². The first-order valence-electron chi connectivity index (χ1n) is 7.94. The van der Waals surface area contributed by atoms with Gasteiger partial charge >= 0.3 is 0 Å². The molecule has 0 atom stereocenters. The highest BCUT2D eigenvalue weighted by Crippen LogP contribution is 2.39. The van der Waals surface area contributed by atoms with E-state index in [1.54, 1.807) is 30.3 Å². The normalized spacial score (nSPS) is 10.5. The number of ketones is 1. The number of anilines is 2. The third kappa shape index (κ3) is 3.52. The second-order valence-electron chi connectivity index (χ2n) is 5.62. The highest BCUT2D eigenvalue weighted by Gasteiger charge is 2.20. The third-order valence-electron chi connectivity index (χ3n) is 4.04. The topological polar surface area (TPSA) is 110 Å². The van der Waals surface area contributed by atoms with E-state index in [2.05, 4.69) is 4.98 Å². The summed E-state index contributed by atoms with van der Waals surface area (Å²) in [6.45, 7) is 0. The van der Waals surface area contributed by atoms with E-state index in [9.17, 15) is 4.79 Å². The molecular weight excluding hydrogens is 366 g/mol. The van der Waals surface area contributed by atoms with Crippen molar-refractivity contribution in [3.8, 4) is 28.5 Å². The molecule has 0 spiro atoms. The zero-order chi connectivity index (χ0) is 19.6. The van der Waals surface area contributed by atoms with Crippen molar-refractivity contribution in [2.75, 3.05) is 32.8 Å². The summed E-state index contributed by atoms with van der Waals surface area (Å²) in [4.78, 5) is 17.4. The summed E-state index contributed by atoms with van der Waals surface area (Å²) in [6.07, 6.45) is 0. The van der Waals surface area contributed by atoms with Gasteiger partial charge in [0, 0.05) is 27.8 Å². The maximum Gasteiger partial charge on any atom is 0.203 e. The number of nitrogen functional groups attached to an aromatic ring is 2. The van der Waals surface area contributed by atoms with Gasteiger partial charge in [-0.25, -0.2) is 4.98 Å². The Labute approximate surface area is 160 Å². The molecule has 3 rings (SSSR count). The molecule has 2 aromatic carbocycles. The van der Waals surface area contributed by atoms with Crippen molar-refractivity contribution >= 4 is 27.9 Å². The number of nitrogens with zero attached hydrogens (tertiary/aromatic N) is 1. The van der Waals surface area contributed by atoms with Crippen LogP contribution >= 0.6 is 11.3 Å². The fourth-order valence-corrected chi connectivity index (χ4v) is 3.27. The summed E-state index contributed by atoms with van der Waals surface area (Å²) in [5.41, 5.74) is 14.3. The smallest absolute Gasteiger partial charge is 0.203 e. The van der Waals surface area contributed by atoms with Crippen LogP contribution in [-0.2, 0) is 0 Å². The number of hydrogen-bond acceptors (Lipinski definition) is 8. The summed E-state index contributed by atoms with van der Waals surface area (Å²) in [5, 5.41) is 2.29. The number of hydrogen-bond donors (Lipinski definition) is 2. The van der Waals surface area contributed by atoms with Gasteiger partial charge in [-0.2, -0.15) is 0 Å². The lowest BCUT2D eigenvalue weighted by atomic mass is 9.98. The fourth-order valence-electron chi connectivity index (χ4n) is 2.70. The molecule has 140 valence electrons. The molecule has 0 unspecified atom stereocenters. The van der Waals surface area contributed by atoms with Crippen LogP contribution < -0.4 is 25.7 Å². The zero-order valence-electron chi connectivity index (χ0n) is 15.1. The average Bonchev–Trinajstić information content (AvgIpc) is 3.12. The van der Waals surface area contributed by atoms with Gasteiger partial charge in [-0.05, 0) is 24.3 Å². The Bertz CT molecular complexity index is 975. The van der Waals surface area contributed by atoms with Crippen molar-refractivity contribution in [3.05, 3.63) is 46.8 Å². The van der Waals surface area contributed by atoms with E-state index in [0.717, 1.165) is 5.56 Å². The number of methoxy groups -OCH3 is 3. The first kappa shape index (κ1) is 18.5. The van der Waals surface area contributed by atoms with E-state index < -0.39 is 0 Å². The minimum absolute atomic E-state index is 0.267. The van der Waals surface area contributed by atoms with Crippen molar-refractivity contribution in [2.24, 2.45) is 0 Å². The second-order valence-corrected chi connectivity index (χ2v) is 6.51. The number of ether oxygens (including phenoxy) is 3. The van der Waals surface area contributed by atoms with Crippen LogP contribution in [-0.4, -0.2) is 32.1 Å². The fraction of sp³-hybridized carbons (Fsp3) is 0.158. The predicted molar refractivity (Wildman–Crippen MR) is 106 cm³/mol. The SMILES string of the molecule is COc1cc(C(=O)c2cc(-c3csc(N)n3)ccc2N)cc(OC)c1OC. The number of aromatic nitrogens is 1. The van der Waals surface area contributed by atoms with Crippen molar-refractivity contribution in [1.29, 1.82) is 0 Å². The van der Waals surface area contributed by atoms with Gasteiger partial charge in [0.2, 0.25) is 5.75 Å². The molecule has 1 heterocycles. The maximum atomic E-state index is 13.1.